The molecule has 0 saturated carbocycles. The van der Waals surface area contributed by atoms with Crippen molar-refractivity contribution in [2.45, 2.75) is 20.0 Å². The average molecular weight is 187 g/mol. The van der Waals surface area contributed by atoms with Crippen LogP contribution in [0.2, 0.25) is 0 Å². The average Bonchev–Trinajstić information content (AvgIpc) is 2.17. The van der Waals surface area contributed by atoms with Gasteiger partial charge in [-0.3, -0.25) is 0 Å². The third-order valence-corrected chi connectivity index (χ3v) is 1.62. The van der Waals surface area contributed by atoms with Gasteiger partial charge in [-0.2, -0.15) is 5.26 Å². The Morgan fingerprint density at radius 1 is 1.36 bits per heavy atom. The number of nitriles is 1. The first kappa shape index (κ1) is 10.3. The monoisotopic (exact) mass is 187 g/mol. The smallest absolute Gasteiger partial charge is 0.202 e. The van der Waals surface area contributed by atoms with E-state index >= 15 is 0 Å². The molecule has 0 aromatic heterocycles. The van der Waals surface area contributed by atoms with Gasteiger partial charge in [-0.15, -0.1) is 0 Å². The maximum atomic E-state index is 8.82. The van der Waals surface area contributed by atoms with E-state index in [0.29, 0.717) is 0 Å². The summed E-state index contributed by atoms with van der Waals surface area (Å²) in [4.78, 5) is 0. The van der Waals surface area contributed by atoms with E-state index in [1.807, 2.05) is 44.2 Å². The molecule has 14 heavy (non-hydrogen) atoms. The van der Waals surface area contributed by atoms with Crippen LogP contribution in [0.1, 0.15) is 13.8 Å². The molecule has 1 aromatic rings. The van der Waals surface area contributed by atoms with Crippen molar-refractivity contribution in [1.29, 1.82) is 5.26 Å². The lowest BCUT2D eigenvalue weighted by molar-refractivity contribution is 0.301. The summed E-state index contributed by atoms with van der Waals surface area (Å²) in [6, 6.07) is 11.4. The molecule has 0 heterocycles. The summed E-state index contributed by atoms with van der Waals surface area (Å²) in [7, 11) is 0. The molecule has 1 aromatic carbocycles. The van der Waals surface area contributed by atoms with Crippen molar-refractivity contribution in [2.24, 2.45) is 0 Å². The Labute approximate surface area is 84.4 Å². The van der Waals surface area contributed by atoms with Crippen LogP contribution in [0.3, 0.4) is 0 Å². The first-order valence-electron chi connectivity index (χ1n) is 4.48. The van der Waals surface area contributed by atoms with Gasteiger partial charge in [-0.05, 0) is 32.1 Å². The van der Waals surface area contributed by atoms with E-state index < -0.39 is 6.10 Å². The summed E-state index contributed by atoms with van der Waals surface area (Å²) in [6.45, 7) is 3.89. The van der Waals surface area contributed by atoms with Gasteiger partial charge in [0.05, 0.1) is 0 Å². The summed E-state index contributed by atoms with van der Waals surface area (Å²) in [6.07, 6.45) is 1.30. The third-order valence-electron chi connectivity index (χ3n) is 1.62. The van der Waals surface area contributed by atoms with Crippen molar-refractivity contribution >= 4 is 0 Å². The van der Waals surface area contributed by atoms with Crippen LogP contribution in [0.5, 0.6) is 5.75 Å². The second kappa shape index (κ2) is 5.08. The van der Waals surface area contributed by atoms with Gasteiger partial charge >= 0.3 is 0 Å². The highest BCUT2D eigenvalue weighted by Crippen LogP contribution is 2.11. The van der Waals surface area contributed by atoms with Gasteiger partial charge in [-0.25, -0.2) is 0 Å². The molecule has 0 fully saturated rings. The molecular formula is C12H13NO. The molecule has 0 radical (unpaired) electrons. The van der Waals surface area contributed by atoms with Crippen LogP contribution in [0, 0.1) is 11.3 Å². The number of rotatable bonds is 3. The summed E-state index contributed by atoms with van der Waals surface area (Å²) < 4.78 is 5.44. The molecule has 2 heteroatoms. The maximum absolute atomic E-state index is 8.82. The van der Waals surface area contributed by atoms with Crippen LogP contribution in [0.4, 0.5) is 0 Å². The first-order chi connectivity index (χ1) is 6.72. The highest BCUT2D eigenvalue weighted by atomic mass is 16.5. The predicted octanol–water partition coefficient (Wildman–Crippen LogP) is 2.92. The Hall–Kier alpha value is -1.75. The fourth-order valence-corrected chi connectivity index (χ4v) is 1.05. The lowest BCUT2D eigenvalue weighted by atomic mass is 10.2. The van der Waals surface area contributed by atoms with E-state index in [2.05, 4.69) is 6.07 Å². The van der Waals surface area contributed by atoms with Crippen molar-refractivity contribution < 1.29 is 4.74 Å². The number of para-hydroxylation sites is 1. The van der Waals surface area contributed by atoms with Gasteiger partial charge in [0, 0.05) is 0 Å². The molecule has 0 spiro atoms. The molecule has 2 nitrogen and oxygen atoms in total. The van der Waals surface area contributed by atoms with Gasteiger partial charge in [0.15, 0.2) is 0 Å². The summed E-state index contributed by atoms with van der Waals surface area (Å²) in [5, 5.41) is 8.82. The molecule has 0 aliphatic carbocycles. The zero-order valence-corrected chi connectivity index (χ0v) is 8.40. The summed E-state index contributed by atoms with van der Waals surface area (Å²) >= 11 is 0. The zero-order valence-electron chi connectivity index (χ0n) is 8.40. The quantitative estimate of drug-likeness (QED) is 0.681. The minimum atomic E-state index is -0.498. The molecule has 1 rings (SSSR count). The second-order valence-corrected chi connectivity index (χ2v) is 3.22. The number of hydrogen-bond donors (Lipinski definition) is 0. The first-order valence-corrected chi connectivity index (χ1v) is 4.48. The number of nitrogens with zero attached hydrogens (tertiary/aromatic N) is 1. The molecule has 0 amide bonds. The molecule has 0 N–H and O–H groups in total. The number of hydrogen-bond acceptors (Lipinski definition) is 2. The predicted molar refractivity (Wildman–Crippen MR) is 55.9 cm³/mol. The molecule has 0 aliphatic heterocycles. The van der Waals surface area contributed by atoms with Crippen LogP contribution < -0.4 is 4.74 Å². The van der Waals surface area contributed by atoms with Crippen molar-refractivity contribution in [1.82, 2.24) is 0 Å². The van der Waals surface area contributed by atoms with E-state index in [1.54, 1.807) is 6.08 Å². The highest BCUT2D eigenvalue weighted by Gasteiger charge is 2.03. The van der Waals surface area contributed by atoms with Crippen LogP contribution in [0.15, 0.2) is 42.0 Å². The lowest BCUT2D eigenvalue weighted by Crippen LogP contribution is -2.10. The molecule has 1 atom stereocenters. The molecule has 0 saturated heterocycles. The van der Waals surface area contributed by atoms with Gasteiger partial charge in [0.1, 0.15) is 11.8 Å². The fourth-order valence-electron chi connectivity index (χ4n) is 1.05. The Balaban J connectivity index is 2.68. The molecule has 72 valence electrons. The normalized spacial score (nSPS) is 11.2. The maximum Gasteiger partial charge on any atom is 0.202 e. The lowest BCUT2D eigenvalue weighted by Gasteiger charge is -2.08. The number of ether oxygens (including phenoxy) is 1. The van der Waals surface area contributed by atoms with Gasteiger partial charge in [-0.1, -0.05) is 23.8 Å². The molecule has 0 bridgehead atoms. The third kappa shape index (κ3) is 3.32. The highest BCUT2D eigenvalue weighted by molar-refractivity contribution is 5.23. The Bertz CT molecular complexity index is 344. The summed E-state index contributed by atoms with van der Waals surface area (Å²) in [5.41, 5.74) is 1.08. The van der Waals surface area contributed by atoms with E-state index in [9.17, 15) is 0 Å². The van der Waals surface area contributed by atoms with Crippen molar-refractivity contribution in [3.05, 3.63) is 42.0 Å². The molecular weight excluding hydrogens is 174 g/mol. The van der Waals surface area contributed by atoms with Crippen molar-refractivity contribution in [3.8, 4) is 11.8 Å². The van der Waals surface area contributed by atoms with E-state index in [0.717, 1.165) is 11.3 Å². The number of allylic oxidation sites excluding steroid dienone is 1. The van der Waals surface area contributed by atoms with Crippen LogP contribution in [-0.4, -0.2) is 6.10 Å². The van der Waals surface area contributed by atoms with Crippen LogP contribution in [0.25, 0.3) is 0 Å². The Kier molecular flexibility index (Phi) is 3.75. The largest absolute Gasteiger partial charge is 0.471 e. The SMILES string of the molecule is CC(C)=CC(C#N)Oc1ccccc1. The zero-order chi connectivity index (χ0) is 10.4. The van der Waals surface area contributed by atoms with Gasteiger partial charge in [0.2, 0.25) is 6.10 Å². The Morgan fingerprint density at radius 2 is 2.00 bits per heavy atom. The minimum absolute atomic E-state index is 0.498. The Morgan fingerprint density at radius 3 is 2.50 bits per heavy atom. The van der Waals surface area contributed by atoms with E-state index in [4.69, 9.17) is 10.00 Å². The fraction of sp³-hybridized carbons (Fsp3) is 0.250. The standard InChI is InChI=1S/C12H13NO/c1-10(2)8-12(9-13)14-11-6-4-3-5-7-11/h3-8,12H,1-2H3. The molecule has 0 aliphatic rings. The molecule has 1 unspecified atom stereocenters. The van der Waals surface area contributed by atoms with Crippen LogP contribution in [-0.2, 0) is 0 Å². The van der Waals surface area contributed by atoms with Crippen molar-refractivity contribution in [3.63, 3.8) is 0 Å². The topological polar surface area (TPSA) is 33.0 Å². The number of benzene rings is 1. The van der Waals surface area contributed by atoms with E-state index in [-0.39, 0.29) is 0 Å². The van der Waals surface area contributed by atoms with Gasteiger partial charge in [0.25, 0.3) is 0 Å². The minimum Gasteiger partial charge on any atom is -0.471 e. The van der Waals surface area contributed by atoms with Gasteiger partial charge < -0.3 is 4.74 Å². The van der Waals surface area contributed by atoms with E-state index in [1.165, 1.54) is 0 Å². The summed E-state index contributed by atoms with van der Waals surface area (Å²) in [5.74, 6) is 0.719. The van der Waals surface area contributed by atoms with Crippen molar-refractivity contribution in [2.75, 3.05) is 0 Å². The van der Waals surface area contributed by atoms with Crippen LogP contribution >= 0.6 is 0 Å². The second-order valence-electron chi connectivity index (χ2n) is 3.22.